The summed E-state index contributed by atoms with van der Waals surface area (Å²) < 4.78 is 0.787. The molecule has 1 N–H and O–H groups in total. The molecule has 0 radical (unpaired) electrons. The Morgan fingerprint density at radius 1 is 1.41 bits per heavy atom. The number of hydrogen-bond donors (Lipinski definition) is 1. The third-order valence-electron chi connectivity index (χ3n) is 2.27. The SMILES string of the molecule is Cc1ccc(-c2nc(CC(=O)O)c(Br)s2)cc1. The van der Waals surface area contributed by atoms with Gasteiger partial charge in [-0.3, -0.25) is 4.79 Å². The fourth-order valence-corrected chi connectivity index (χ4v) is 2.91. The van der Waals surface area contributed by atoms with Gasteiger partial charge in [-0.2, -0.15) is 0 Å². The Labute approximate surface area is 111 Å². The fraction of sp³-hybridized carbons (Fsp3) is 0.167. The Hall–Kier alpha value is -1.20. The standard InChI is InChI=1S/C12H10BrNO2S/c1-7-2-4-8(5-3-7)12-14-9(6-10(15)16)11(13)17-12/h2-5H,6H2,1H3,(H,15,16). The van der Waals surface area contributed by atoms with Crippen LogP contribution in [0.4, 0.5) is 0 Å². The highest BCUT2D eigenvalue weighted by molar-refractivity contribution is 9.11. The van der Waals surface area contributed by atoms with Gasteiger partial charge >= 0.3 is 5.97 Å². The third kappa shape index (κ3) is 2.92. The Morgan fingerprint density at radius 3 is 2.65 bits per heavy atom. The van der Waals surface area contributed by atoms with Crippen LogP contribution in [0.5, 0.6) is 0 Å². The van der Waals surface area contributed by atoms with Gasteiger partial charge in [0, 0.05) is 5.56 Å². The molecule has 1 aromatic carbocycles. The molecule has 0 saturated carbocycles. The summed E-state index contributed by atoms with van der Waals surface area (Å²) in [7, 11) is 0. The van der Waals surface area contributed by atoms with E-state index in [1.54, 1.807) is 0 Å². The van der Waals surface area contributed by atoms with E-state index in [2.05, 4.69) is 20.9 Å². The number of aromatic nitrogens is 1. The molecule has 0 fully saturated rings. The van der Waals surface area contributed by atoms with E-state index in [1.807, 2.05) is 31.2 Å². The van der Waals surface area contributed by atoms with Crippen LogP contribution in [0.2, 0.25) is 0 Å². The van der Waals surface area contributed by atoms with Gasteiger partial charge in [0.05, 0.1) is 15.9 Å². The normalized spacial score (nSPS) is 10.5. The van der Waals surface area contributed by atoms with Gasteiger partial charge in [-0.1, -0.05) is 29.8 Å². The van der Waals surface area contributed by atoms with Crippen molar-refractivity contribution in [3.8, 4) is 10.6 Å². The summed E-state index contributed by atoms with van der Waals surface area (Å²) in [6.07, 6.45) is -0.0526. The lowest BCUT2D eigenvalue weighted by Crippen LogP contribution is -2.00. The van der Waals surface area contributed by atoms with E-state index in [0.717, 1.165) is 14.4 Å². The summed E-state index contributed by atoms with van der Waals surface area (Å²) in [5.41, 5.74) is 2.78. The average molecular weight is 312 g/mol. The van der Waals surface area contributed by atoms with Crippen molar-refractivity contribution < 1.29 is 9.90 Å². The first-order valence-corrected chi connectivity index (χ1v) is 6.61. The van der Waals surface area contributed by atoms with E-state index in [-0.39, 0.29) is 6.42 Å². The van der Waals surface area contributed by atoms with Crippen molar-refractivity contribution in [2.45, 2.75) is 13.3 Å². The van der Waals surface area contributed by atoms with Gasteiger partial charge in [-0.25, -0.2) is 4.98 Å². The molecule has 88 valence electrons. The quantitative estimate of drug-likeness (QED) is 0.943. The van der Waals surface area contributed by atoms with Crippen LogP contribution in [0.25, 0.3) is 10.6 Å². The number of thiazole rings is 1. The summed E-state index contributed by atoms with van der Waals surface area (Å²) in [6, 6.07) is 8.01. The lowest BCUT2D eigenvalue weighted by Gasteiger charge is -1.96. The molecule has 2 rings (SSSR count). The molecule has 0 bridgehead atoms. The van der Waals surface area contributed by atoms with Crippen molar-refractivity contribution in [1.29, 1.82) is 0 Å². The number of halogens is 1. The number of nitrogens with zero attached hydrogens (tertiary/aromatic N) is 1. The van der Waals surface area contributed by atoms with Crippen LogP contribution in [0, 0.1) is 6.92 Å². The summed E-state index contributed by atoms with van der Waals surface area (Å²) in [4.78, 5) is 15.0. The maximum Gasteiger partial charge on any atom is 0.309 e. The first-order chi connectivity index (χ1) is 8.06. The average Bonchev–Trinajstić information content (AvgIpc) is 2.60. The maximum atomic E-state index is 10.7. The molecule has 0 aliphatic carbocycles. The second-order valence-corrected chi connectivity index (χ2v) is 5.99. The van der Waals surface area contributed by atoms with Gasteiger partial charge in [0.2, 0.25) is 0 Å². The lowest BCUT2D eigenvalue weighted by atomic mass is 10.2. The van der Waals surface area contributed by atoms with Crippen molar-refractivity contribution in [2.24, 2.45) is 0 Å². The second-order valence-electron chi connectivity index (χ2n) is 3.68. The number of aryl methyl sites for hydroxylation is 1. The summed E-state index contributed by atoms with van der Waals surface area (Å²) >= 11 is 4.81. The Morgan fingerprint density at radius 2 is 2.06 bits per heavy atom. The number of hydrogen-bond acceptors (Lipinski definition) is 3. The van der Waals surface area contributed by atoms with E-state index in [9.17, 15) is 4.79 Å². The Balaban J connectivity index is 2.34. The van der Waals surface area contributed by atoms with Crippen molar-refractivity contribution >= 4 is 33.2 Å². The van der Waals surface area contributed by atoms with Crippen LogP contribution in [0.15, 0.2) is 28.1 Å². The van der Waals surface area contributed by atoms with Crippen molar-refractivity contribution in [1.82, 2.24) is 4.98 Å². The van der Waals surface area contributed by atoms with Crippen LogP contribution >= 0.6 is 27.3 Å². The highest BCUT2D eigenvalue weighted by Crippen LogP contribution is 2.32. The molecule has 1 aromatic heterocycles. The van der Waals surface area contributed by atoms with Crippen molar-refractivity contribution in [2.75, 3.05) is 0 Å². The molecular formula is C12H10BrNO2S. The molecule has 0 amide bonds. The zero-order chi connectivity index (χ0) is 12.4. The zero-order valence-electron chi connectivity index (χ0n) is 9.11. The largest absolute Gasteiger partial charge is 0.481 e. The highest BCUT2D eigenvalue weighted by atomic mass is 79.9. The van der Waals surface area contributed by atoms with Crippen molar-refractivity contribution in [3.63, 3.8) is 0 Å². The zero-order valence-corrected chi connectivity index (χ0v) is 11.5. The van der Waals surface area contributed by atoms with Gasteiger partial charge in [0.1, 0.15) is 5.01 Å². The first-order valence-electron chi connectivity index (χ1n) is 5.00. The van der Waals surface area contributed by atoms with Gasteiger partial charge < -0.3 is 5.11 Å². The molecule has 0 aliphatic rings. The number of rotatable bonds is 3. The minimum absolute atomic E-state index is 0.0526. The number of carbonyl (C=O) groups is 1. The molecule has 17 heavy (non-hydrogen) atoms. The number of carboxylic acids is 1. The predicted octanol–water partition coefficient (Wildman–Crippen LogP) is 3.51. The highest BCUT2D eigenvalue weighted by Gasteiger charge is 2.13. The van der Waals surface area contributed by atoms with E-state index >= 15 is 0 Å². The van der Waals surface area contributed by atoms with Crippen LogP contribution in [0.1, 0.15) is 11.3 Å². The van der Waals surface area contributed by atoms with E-state index in [4.69, 9.17) is 5.11 Å². The van der Waals surface area contributed by atoms with Gasteiger partial charge in [0.25, 0.3) is 0 Å². The topological polar surface area (TPSA) is 50.2 Å². The van der Waals surface area contributed by atoms with Crippen LogP contribution in [-0.4, -0.2) is 16.1 Å². The number of carboxylic acid groups (broad SMARTS) is 1. The molecule has 2 aromatic rings. The van der Waals surface area contributed by atoms with Gasteiger partial charge in [-0.05, 0) is 22.9 Å². The molecule has 1 heterocycles. The van der Waals surface area contributed by atoms with E-state index in [0.29, 0.717) is 5.69 Å². The lowest BCUT2D eigenvalue weighted by molar-refractivity contribution is -0.136. The fourth-order valence-electron chi connectivity index (χ4n) is 1.41. The number of aliphatic carboxylic acids is 1. The molecule has 0 atom stereocenters. The summed E-state index contributed by atoms with van der Waals surface area (Å²) in [5.74, 6) is -0.869. The van der Waals surface area contributed by atoms with Crippen LogP contribution in [-0.2, 0) is 11.2 Å². The molecule has 0 spiro atoms. The van der Waals surface area contributed by atoms with Crippen molar-refractivity contribution in [3.05, 3.63) is 39.3 Å². The minimum atomic E-state index is -0.869. The molecule has 0 saturated heterocycles. The smallest absolute Gasteiger partial charge is 0.309 e. The third-order valence-corrected chi connectivity index (χ3v) is 4.15. The monoisotopic (exact) mass is 311 g/mol. The molecule has 0 unspecified atom stereocenters. The Kier molecular flexibility index (Phi) is 3.59. The van der Waals surface area contributed by atoms with Gasteiger partial charge in [-0.15, -0.1) is 11.3 Å². The predicted molar refractivity (Wildman–Crippen MR) is 71.3 cm³/mol. The van der Waals surface area contributed by atoms with Gasteiger partial charge in [0.15, 0.2) is 0 Å². The van der Waals surface area contributed by atoms with Crippen LogP contribution in [0.3, 0.4) is 0 Å². The minimum Gasteiger partial charge on any atom is -0.481 e. The number of benzene rings is 1. The second kappa shape index (κ2) is 4.98. The Bertz CT molecular complexity index is 548. The molecular weight excluding hydrogens is 302 g/mol. The van der Waals surface area contributed by atoms with Crippen LogP contribution < -0.4 is 0 Å². The molecule has 0 aliphatic heterocycles. The van der Waals surface area contributed by atoms with E-state index < -0.39 is 5.97 Å². The van der Waals surface area contributed by atoms with E-state index in [1.165, 1.54) is 16.9 Å². The first kappa shape index (κ1) is 12.3. The maximum absolute atomic E-state index is 10.7. The summed E-state index contributed by atoms with van der Waals surface area (Å²) in [6.45, 7) is 2.03. The summed E-state index contributed by atoms with van der Waals surface area (Å²) in [5, 5.41) is 9.59. The molecule has 5 heteroatoms. The molecule has 3 nitrogen and oxygen atoms in total.